The molecule has 0 fully saturated rings. The van der Waals surface area contributed by atoms with Gasteiger partial charge in [0.1, 0.15) is 5.70 Å². The molecule has 2 heterocycles. The van der Waals surface area contributed by atoms with E-state index in [2.05, 4.69) is 21.5 Å². The molecular formula is C16H12BrClN3O2. The van der Waals surface area contributed by atoms with Crippen LogP contribution in [0.1, 0.15) is 5.56 Å². The monoisotopic (exact) mass is 392 g/mol. The molecule has 117 valence electrons. The van der Waals surface area contributed by atoms with Gasteiger partial charge in [-0.15, -0.1) is 0 Å². The van der Waals surface area contributed by atoms with Gasteiger partial charge in [0.25, 0.3) is 0 Å². The summed E-state index contributed by atoms with van der Waals surface area (Å²) in [6.45, 7) is 0. The summed E-state index contributed by atoms with van der Waals surface area (Å²) >= 11 is 9.46. The van der Waals surface area contributed by atoms with Crippen molar-refractivity contribution in [2.24, 2.45) is 0 Å². The van der Waals surface area contributed by atoms with Gasteiger partial charge in [-0.2, -0.15) is 0 Å². The van der Waals surface area contributed by atoms with Crippen molar-refractivity contribution in [1.82, 2.24) is 5.53 Å². The van der Waals surface area contributed by atoms with Crippen molar-refractivity contribution in [3.63, 3.8) is 0 Å². The fraction of sp³-hybridized carbons (Fsp3) is 0. The van der Waals surface area contributed by atoms with Gasteiger partial charge in [0.2, 0.25) is 5.88 Å². The highest BCUT2D eigenvalue weighted by molar-refractivity contribution is 9.15. The van der Waals surface area contributed by atoms with Crippen LogP contribution in [-0.2, 0) is 0 Å². The molecule has 0 bridgehead atoms. The van der Waals surface area contributed by atoms with Crippen LogP contribution in [0.15, 0.2) is 66.2 Å². The number of aliphatic hydroxyl groups is 1. The molecule has 2 aromatic rings. The Balaban J connectivity index is 0.00000156. The second-order valence-corrected chi connectivity index (χ2v) is 6.20. The highest BCUT2D eigenvalue weighted by atomic mass is 79.9. The number of allylic oxidation sites excluding steroid dienone is 1. The van der Waals surface area contributed by atoms with E-state index in [9.17, 15) is 5.11 Å². The SMILES string of the molecule is O.OC1=C2C=C(Br)c3ccccc3N2[N]N1c1ccc(Cl)cc1. The molecule has 0 amide bonds. The fourth-order valence-corrected chi connectivity index (χ4v) is 3.18. The first kappa shape index (κ1) is 15.9. The van der Waals surface area contributed by atoms with Crippen LogP contribution >= 0.6 is 27.5 Å². The van der Waals surface area contributed by atoms with E-state index in [1.165, 1.54) is 5.01 Å². The zero-order valence-corrected chi connectivity index (χ0v) is 14.1. The first-order valence-corrected chi connectivity index (χ1v) is 7.79. The maximum Gasteiger partial charge on any atom is 0.235 e. The summed E-state index contributed by atoms with van der Waals surface area (Å²) in [5.74, 6) is 0.0776. The van der Waals surface area contributed by atoms with Gasteiger partial charge in [0.05, 0.1) is 11.4 Å². The van der Waals surface area contributed by atoms with E-state index in [1.54, 1.807) is 17.1 Å². The van der Waals surface area contributed by atoms with Crippen LogP contribution < -0.4 is 15.6 Å². The quantitative estimate of drug-likeness (QED) is 0.802. The number of hydrogen-bond acceptors (Lipinski definition) is 3. The molecule has 0 aliphatic carbocycles. The third-order valence-corrected chi connectivity index (χ3v) is 4.47. The van der Waals surface area contributed by atoms with Crippen LogP contribution in [0.3, 0.4) is 0 Å². The van der Waals surface area contributed by atoms with E-state index < -0.39 is 0 Å². The number of halogens is 2. The summed E-state index contributed by atoms with van der Waals surface area (Å²) in [6, 6.07) is 15.0. The smallest absolute Gasteiger partial charge is 0.235 e. The molecule has 23 heavy (non-hydrogen) atoms. The summed E-state index contributed by atoms with van der Waals surface area (Å²) in [6.07, 6.45) is 1.86. The fourth-order valence-electron chi connectivity index (χ4n) is 2.50. The Labute approximate surface area is 146 Å². The lowest BCUT2D eigenvalue weighted by Crippen LogP contribution is -2.35. The maximum atomic E-state index is 10.5. The van der Waals surface area contributed by atoms with Crippen molar-refractivity contribution >= 4 is 43.4 Å². The van der Waals surface area contributed by atoms with Crippen molar-refractivity contribution in [1.29, 1.82) is 0 Å². The molecule has 0 saturated carbocycles. The molecule has 2 aliphatic rings. The lowest BCUT2D eigenvalue weighted by molar-refractivity contribution is 0.387. The van der Waals surface area contributed by atoms with Crippen LogP contribution in [0.4, 0.5) is 11.4 Å². The van der Waals surface area contributed by atoms with Gasteiger partial charge in [0.15, 0.2) is 0 Å². The number of para-hydroxylation sites is 1. The lowest BCUT2D eigenvalue weighted by Gasteiger charge is -2.25. The number of benzene rings is 2. The van der Waals surface area contributed by atoms with Crippen molar-refractivity contribution in [3.05, 3.63) is 76.8 Å². The number of hydrogen-bond donors (Lipinski definition) is 1. The lowest BCUT2D eigenvalue weighted by atomic mass is 10.1. The molecule has 4 rings (SSSR count). The van der Waals surface area contributed by atoms with E-state index in [0.717, 1.165) is 21.4 Å². The number of rotatable bonds is 1. The van der Waals surface area contributed by atoms with Gasteiger partial charge < -0.3 is 10.6 Å². The normalized spacial score (nSPS) is 15.8. The van der Waals surface area contributed by atoms with E-state index in [1.807, 2.05) is 42.5 Å². The Morgan fingerprint density at radius 1 is 1.00 bits per heavy atom. The number of anilines is 2. The van der Waals surface area contributed by atoms with Gasteiger partial charge >= 0.3 is 0 Å². The average Bonchev–Trinajstić information content (AvgIpc) is 2.86. The molecule has 3 N–H and O–H groups in total. The zero-order valence-electron chi connectivity index (χ0n) is 11.7. The molecule has 0 aromatic heterocycles. The molecule has 0 saturated heterocycles. The minimum Gasteiger partial charge on any atom is -0.492 e. The van der Waals surface area contributed by atoms with E-state index in [0.29, 0.717) is 10.7 Å². The van der Waals surface area contributed by atoms with Crippen LogP contribution in [0, 0.1) is 0 Å². The first-order chi connectivity index (χ1) is 10.6. The molecule has 2 aromatic carbocycles. The second-order valence-electron chi connectivity index (χ2n) is 4.91. The third kappa shape index (κ3) is 2.49. The molecule has 7 heteroatoms. The minimum absolute atomic E-state index is 0. The zero-order chi connectivity index (χ0) is 15.3. The van der Waals surface area contributed by atoms with Crippen molar-refractivity contribution in [2.45, 2.75) is 0 Å². The highest BCUT2D eigenvalue weighted by Crippen LogP contribution is 2.42. The molecule has 2 aliphatic heterocycles. The van der Waals surface area contributed by atoms with E-state index in [4.69, 9.17) is 11.6 Å². The van der Waals surface area contributed by atoms with Gasteiger partial charge in [-0.25, -0.2) is 10.0 Å². The van der Waals surface area contributed by atoms with Crippen molar-refractivity contribution in [2.75, 3.05) is 10.0 Å². The van der Waals surface area contributed by atoms with Crippen molar-refractivity contribution < 1.29 is 10.6 Å². The second kappa shape index (κ2) is 5.90. The summed E-state index contributed by atoms with van der Waals surface area (Å²) in [5.41, 5.74) is 7.81. The molecule has 0 atom stereocenters. The average molecular weight is 394 g/mol. The molecule has 0 unspecified atom stereocenters. The summed E-state index contributed by atoms with van der Waals surface area (Å²) in [7, 11) is 0. The minimum atomic E-state index is 0. The van der Waals surface area contributed by atoms with E-state index >= 15 is 0 Å². The molecule has 0 spiro atoms. The van der Waals surface area contributed by atoms with Crippen LogP contribution in [0.25, 0.3) is 4.48 Å². The topological polar surface area (TPSA) is 72.3 Å². The van der Waals surface area contributed by atoms with Crippen molar-refractivity contribution in [3.8, 4) is 0 Å². The molecule has 1 radical (unpaired) electrons. The van der Waals surface area contributed by atoms with Gasteiger partial charge in [-0.1, -0.05) is 45.7 Å². The summed E-state index contributed by atoms with van der Waals surface area (Å²) < 4.78 is 0.911. The van der Waals surface area contributed by atoms with Crippen LogP contribution in [0.5, 0.6) is 0 Å². The largest absolute Gasteiger partial charge is 0.492 e. The van der Waals surface area contributed by atoms with E-state index in [-0.39, 0.29) is 11.4 Å². The third-order valence-electron chi connectivity index (χ3n) is 3.56. The Morgan fingerprint density at radius 3 is 2.43 bits per heavy atom. The standard InChI is InChI=1S/C16H10BrClN3O.H2O/c17-13-9-15-16(22)20(11-7-5-10(18)6-8-11)19-21(15)14-4-2-1-3-12(13)14;/h1-9,22H;1H2. The predicted octanol–water partition coefficient (Wildman–Crippen LogP) is 3.75. The number of fused-ring (bicyclic) bond motifs is 3. The summed E-state index contributed by atoms with van der Waals surface area (Å²) in [4.78, 5) is 0. The Hall–Kier alpha value is -1.99. The van der Waals surface area contributed by atoms with Gasteiger partial charge in [0, 0.05) is 15.1 Å². The summed E-state index contributed by atoms with van der Waals surface area (Å²) in [5, 5.41) is 14.4. The van der Waals surface area contributed by atoms with Crippen LogP contribution in [-0.4, -0.2) is 10.6 Å². The van der Waals surface area contributed by atoms with Gasteiger partial charge in [-0.05, 0) is 41.9 Å². The Morgan fingerprint density at radius 2 is 1.70 bits per heavy atom. The first-order valence-electron chi connectivity index (χ1n) is 6.62. The number of aliphatic hydroxyl groups excluding tert-OH is 1. The molecule has 5 nitrogen and oxygen atoms in total. The highest BCUT2D eigenvalue weighted by Gasteiger charge is 2.35. The Kier molecular flexibility index (Phi) is 4.08. The number of nitrogens with zero attached hydrogens (tertiary/aromatic N) is 3. The Bertz CT molecular complexity index is 820. The van der Waals surface area contributed by atoms with Crippen LogP contribution in [0.2, 0.25) is 5.02 Å². The maximum absolute atomic E-state index is 10.5. The predicted molar refractivity (Wildman–Crippen MR) is 95.2 cm³/mol. The molecular weight excluding hydrogens is 382 g/mol. The van der Waals surface area contributed by atoms with Gasteiger partial charge in [-0.3, -0.25) is 0 Å².